The van der Waals surface area contributed by atoms with Crippen molar-refractivity contribution >= 4 is 17.8 Å². The van der Waals surface area contributed by atoms with E-state index in [4.69, 9.17) is 14.9 Å². The smallest absolute Gasteiger partial charge is 0.218 e. The molecule has 0 bridgehead atoms. The van der Waals surface area contributed by atoms with Gasteiger partial charge in [0.05, 0.1) is 6.20 Å². The second kappa shape index (κ2) is 10.4. The number of hydrogen-bond acceptors (Lipinski definition) is 6. The van der Waals surface area contributed by atoms with E-state index in [1.54, 1.807) is 30.5 Å². The van der Waals surface area contributed by atoms with Crippen LogP contribution in [-0.4, -0.2) is 20.0 Å². The summed E-state index contributed by atoms with van der Waals surface area (Å²) >= 11 is 0. The van der Waals surface area contributed by atoms with Gasteiger partial charge in [-0.2, -0.15) is 0 Å². The molecule has 2 heterocycles. The van der Waals surface area contributed by atoms with Crippen LogP contribution in [0.5, 0.6) is 5.75 Å². The summed E-state index contributed by atoms with van der Waals surface area (Å²) < 4.78 is 26.9. The number of nitrogen functional groups attached to an aromatic ring is 1. The Morgan fingerprint density at radius 3 is 2.75 bits per heavy atom. The number of anilines is 1. The Balaban J connectivity index is 1.22. The molecule has 0 atom stereocenters. The van der Waals surface area contributed by atoms with Gasteiger partial charge < -0.3 is 14.9 Å². The highest BCUT2D eigenvalue weighted by molar-refractivity contribution is 5.67. The van der Waals surface area contributed by atoms with Gasteiger partial charge in [-0.3, -0.25) is 4.68 Å². The van der Waals surface area contributed by atoms with Gasteiger partial charge in [0.1, 0.15) is 30.1 Å². The summed E-state index contributed by atoms with van der Waals surface area (Å²) in [6.45, 7) is 1.16. The summed E-state index contributed by atoms with van der Waals surface area (Å²) in [5.41, 5.74) is 8.27. The van der Waals surface area contributed by atoms with E-state index in [0.717, 1.165) is 31.6 Å². The van der Waals surface area contributed by atoms with Crippen molar-refractivity contribution in [3.63, 3.8) is 0 Å². The molecule has 0 fully saturated rings. The Kier molecular flexibility index (Phi) is 6.91. The number of hydrogen-bond donors (Lipinski definition) is 1. The summed E-state index contributed by atoms with van der Waals surface area (Å²) in [7, 11) is 0. The van der Waals surface area contributed by atoms with Crippen LogP contribution in [0.2, 0.25) is 0 Å². The van der Waals surface area contributed by atoms with Gasteiger partial charge in [-0.15, -0.1) is 5.10 Å². The lowest BCUT2D eigenvalue weighted by Gasteiger charge is -2.06. The maximum absolute atomic E-state index is 13.8. The van der Waals surface area contributed by atoms with Gasteiger partial charge in [-0.1, -0.05) is 17.3 Å². The molecule has 4 rings (SSSR count). The zero-order chi connectivity index (χ0) is 22.2. The van der Waals surface area contributed by atoms with Gasteiger partial charge in [0, 0.05) is 30.1 Å². The molecule has 2 N–H and O–H groups in total. The van der Waals surface area contributed by atoms with Gasteiger partial charge in [0.25, 0.3) is 0 Å². The van der Waals surface area contributed by atoms with Crippen molar-refractivity contribution in [2.45, 2.75) is 32.4 Å². The van der Waals surface area contributed by atoms with E-state index in [2.05, 4.69) is 27.4 Å². The number of nitrogens with zero attached hydrogens (tertiary/aromatic N) is 4. The Morgan fingerprint density at radius 2 is 1.97 bits per heavy atom. The third-order valence-corrected chi connectivity index (χ3v) is 4.88. The van der Waals surface area contributed by atoms with Crippen LogP contribution in [-0.2, 0) is 19.6 Å². The number of halogens is 1. The lowest BCUT2D eigenvalue weighted by Crippen LogP contribution is -1.99. The van der Waals surface area contributed by atoms with Crippen LogP contribution in [0.25, 0.3) is 12.2 Å². The van der Waals surface area contributed by atoms with E-state index in [1.807, 2.05) is 23.0 Å². The Labute approximate surface area is 185 Å². The molecular formula is C24H24FN5O2. The molecule has 0 aliphatic carbocycles. The molecule has 2 aromatic carbocycles. The van der Waals surface area contributed by atoms with Crippen molar-refractivity contribution in [1.29, 1.82) is 0 Å². The van der Waals surface area contributed by atoms with Crippen LogP contribution >= 0.6 is 0 Å². The number of oxazole rings is 1. The molecule has 0 unspecified atom stereocenters. The number of unbranched alkanes of at least 4 members (excludes halogenated alkanes) is 1. The fraction of sp³-hybridized carbons (Fsp3) is 0.208. The van der Waals surface area contributed by atoms with Crippen LogP contribution in [0.4, 0.5) is 10.1 Å². The maximum atomic E-state index is 13.8. The first kappa shape index (κ1) is 21.3. The highest BCUT2D eigenvalue weighted by atomic mass is 19.1. The zero-order valence-electron chi connectivity index (χ0n) is 17.5. The number of rotatable bonds is 10. The number of ether oxygens (including phenoxy) is 1. The lowest BCUT2D eigenvalue weighted by molar-refractivity contribution is 0.301. The highest BCUT2D eigenvalue weighted by Gasteiger charge is 2.04. The van der Waals surface area contributed by atoms with E-state index in [9.17, 15) is 4.39 Å². The largest absolute Gasteiger partial charge is 0.487 e. The van der Waals surface area contributed by atoms with Crippen LogP contribution in [0.1, 0.15) is 35.6 Å². The molecule has 0 radical (unpaired) electrons. The van der Waals surface area contributed by atoms with Crippen LogP contribution in [0.15, 0.2) is 65.5 Å². The number of aryl methyl sites for hydroxylation is 2. The summed E-state index contributed by atoms with van der Waals surface area (Å²) in [6.07, 6.45) is 11.4. The molecule has 0 aliphatic rings. The Morgan fingerprint density at radius 1 is 1.09 bits per heavy atom. The fourth-order valence-electron chi connectivity index (χ4n) is 3.17. The van der Waals surface area contributed by atoms with Crippen LogP contribution < -0.4 is 10.5 Å². The van der Waals surface area contributed by atoms with Crippen LogP contribution in [0.3, 0.4) is 0 Å². The molecule has 8 heteroatoms. The third kappa shape index (κ3) is 6.04. The molecular weight excluding hydrogens is 409 g/mol. The molecule has 0 amide bonds. The van der Waals surface area contributed by atoms with Gasteiger partial charge in [0.2, 0.25) is 5.89 Å². The zero-order valence-corrected chi connectivity index (χ0v) is 17.5. The predicted octanol–water partition coefficient (Wildman–Crippen LogP) is 4.76. The van der Waals surface area contributed by atoms with Gasteiger partial charge in [-0.25, -0.2) is 9.37 Å². The van der Waals surface area contributed by atoms with Crippen molar-refractivity contribution in [2.75, 3.05) is 5.73 Å². The molecule has 0 spiro atoms. The average Bonchev–Trinajstić information content (AvgIpc) is 3.48. The SMILES string of the molecule is Nc1ccc(/C=C/c2nc(COc3ccc(CCCCn4ccnn4)cc3)co2)c(F)c1. The van der Waals surface area contributed by atoms with Crippen molar-refractivity contribution in [3.8, 4) is 5.75 Å². The number of nitrogens with two attached hydrogens (primary N) is 1. The standard InChI is InChI=1S/C24H24FN5O2/c25-23-15-20(26)8-6-19(23)7-11-24-28-21(17-32-24)16-31-22-9-4-18(5-10-22)3-1-2-13-30-14-12-27-29-30/h4-12,14-15,17H,1-3,13,16,26H2/b11-7+. The van der Waals surface area contributed by atoms with E-state index in [-0.39, 0.29) is 6.61 Å². The minimum absolute atomic E-state index is 0.283. The number of benzene rings is 2. The van der Waals surface area contributed by atoms with Crippen molar-refractivity contribution in [3.05, 3.63) is 89.7 Å². The normalized spacial score (nSPS) is 11.3. The van der Waals surface area contributed by atoms with Crippen molar-refractivity contribution < 1.29 is 13.5 Å². The predicted molar refractivity (Wildman–Crippen MR) is 120 cm³/mol. The molecule has 0 aliphatic heterocycles. The van der Waals surface area contributed by atoms with Gasteiger partial charge in [-0.05, 0) is 61.2 Å². The van der Waals surface area contributed by atoms with Crippen LogP contribution in [0, 0.1) is 5.82 Å². The topological polar surface area (TPSA) is 92.0 Å². The summed E-state index contributed by atoms with van der Waals surface area (Å²) in [4.78, 5) is 4.34. The third-order valence-electron chi connectivity index (χ3n) is 4.88. The molecule has 0 saturated carbocycles. The van der Waals surface area contributed by atoms with Crippen molar-refractivity contribution in [2.24, 2.45) is 0 Å². The molecule has 4 aromatic rings. The van der Waals surface area contributed by atoms with Crippen molar-refractivity contribution in [1.82, 2.24) is 20.0 Å². The minimum Gasteiger partial charge on any atom is -0.487 e. The second-order valence-electron chi connectivity index (χ2n) is 7.35. The van der Waals surface area contributed by atoms with E-state index in [1.165, 1.54) is 17.9 Å². The number of aromatic nitrogens is 4. The molecule has 32 heavy (non-hydrogen) atoms. The first-order valence-corrected chi connectivity index (χ1v) is 10.4. The van der Waals surface area contributed by atoms with E-state index in [0.29, 0.717) is 22.8 Å². The molecule has 7 nitrogen and oxygen atoms in total. The first-order valence-electron chi connectivity index (χ1n) is 10.4. The molecule has 0 saturated heterocycles. The highest BCUT2D eigenvalue weighted by Crippen LogP contribution is 2.17. The van der Waals surface area contributed by atoms with E-state index >= 15 is 0 Å². The maximum Gasteiger partial charge on any atom is 0.218 e. The lowest BCUT2D eigenvalue weighted by atomic mass is 10.1. The monoisotopic (exact) mass is 433 g/mol. The Hall–Kier alpha value is -3.94. The summed E-state index contributed by atoms with van der Waals surface area (Å²) in [6, 6.07) is 12.6. The van der Waals surface area contributed by atoms with Gasteiger partial charge in [0.15, 0.2) is 0 Å². The second-order valence-corrected chi connectivity index (χ2v) is 7.35. The molecule has 164 valence electrons. The summed E-state index contributed by atoms with van der Waals surface area (Å²) in [5.74, 6) is 0.747. The Bertz CT molecular complexity index is 1150. The van der Waals surface area contributed by atoms with Gasteiger partial charge >= 0.3 is 0 Å². The minimum atomic E-state index is -0.394. The summed E-state index contributed by atoms with van der Waals surface area (Å²) in [5, 5.41) is 7.77. The first-order chi connectivity index (χ1) is 15.7. The van der Waals surface area contributed by atoms with E-state index < -0.39 is 5.82 Å². The fourth-order valence-corrected chi connectivity index (χ4v) is 3.17. The molecule has 2 aromatic heterocycles. The average molecular weight is 433 g/mol. The quantitative estimate of drug-likeness (QED) is 0.286.